The maximum absolute atomic E-state index is 3.48. The molecule has 2 aromatic carbocycles. The van der Waals surface area contributed by atoms with Crippen molar-refractivity contribution in [2.45, 2.75) is 0 Å². The molecule has 0 unspecified atom stereocenters. The fourth-order valence-electron chi connectivity index (χ4n) is 1.79. The van der Waals surface area contributed by atoms with E-state index in [-0.39, 0.29) is 0 Å². The lowest BCUT2D eigenvalue weighted by Crippen LogP contribution is -2.01. The number of nitrogens with one attached hydrogen (secondary N) is 2. The number of aromatic nitrogens is 2. The van der Waals surface area contributed by atoms with Crippen molar-refractivity contribution in [2.75, 3.05) is 0 Å². The molecule has 0 fully saturated rings. The third-order valence-electron chi connectivity index (χ3n) is 2.56. The molecule has 0 spiro atoms. The molecule has 0 bridgehead atoms. The van der Waals surface area contributed by atoms with Gasteiger partial charge in [0.1, 0.15) is 0 Å². The standard InChI is InChI=1S/C13H9BrN2/c14-10-5-3-4-9(8-10)13-15-11-6-1-2-7-12(11)16-13/h1-8H,(H,15,16)/p+1. The molecular weight excluding hydrogens is 264 g/mol. The first-order valence-electron chi connectivity index (χ1n) is 5.09. The predicted octanol–water partition coefficient (Wildman–Crippen LogP) is 3.41. The van der Waals surface area contributed by atoms with Gasteiger partial charge in [-0.15, -0.1) is 0 Å². The van der Waals surface area contributed by atoms with Gasteiger partial charge in [-0.1, -0.05) is 34.1 Å². The largest absolute Gasteiger partial charge is 0.285 e. The van der Waals surface area contributed by atoms with Crippen molar-refractivity contribution in [3.8, 4) is 11.4 Å². The van der Waals surface area contributed by atoms with Crippen molar-refractivity contribution >= 4 is 27.0 Å². The second kappa shape index (κ2) is 3.76. The SMILES string of the molecule is Brc1cccc(-c2[nH]c3ccccc3[nH+]2)c1. The summed E-state index contributed by atoms with van der Waals surface area (Å²) in [6.07, 6.45) is 0. The van der Waals surface area contributed by atoms with E-state index < -0.39 is 0 Å². The molecule has 3 heteroatoms. The molecule has 16 heavy (non-hydrogen) atoms. The summed E-state index contributed by atoms with van der Waals surface area (Å²) in [5, 5.41) is 0. The van der Waals surface area contributed by atoms with E-state index in [4.69, 9.17) is 0 Å². The summed E-state index contributed by atoms with van der Waals surface area (Å²) in [5.41, 5.74) is 3.39. The quantitative estimate of drug-likeness (QED) is 0.705. The molecule has 0 aliphatic heterocycles. The van der Waals surface area contributed by atoms with E-state index in [0.29, 0.717) is 0 Å². The van der Waals surface area contributed by atoms with Crippen molar-refractivity contribution < 1.29 is 4.98 Å². The molecule has 0 saturated heterocycles. The van der Waals surface area contributed by atoms with Gasteiger partial charge in [-0.25, -0.2) is 9.97 Å². The summed E-state index contributed by atoms with van der Waals surface area (Å²) in [5.74, 6) is 1.03. The highest BCUT2D eigenvalue weighted by Crippen LogP contribution is 2.20. The summed E-state index contributed by atoms with van der Waals surface area (Å²) in [7, 11) is 0. The smallest absolute Gasteiger partial charge is 0.237 e. The molecule has 3 rings (SSSR count). The zero-order chi connectivity index (χ0) is 11.0. The van der Waals surface area contributed by atoms with Crippen LogP contribution in [0.3, 0.4) is 0 Å². The van der Waals surface area contributed by atoms with Crippen LogP contribution in [-0.4, -0.2) is 4.98 Å². The van der Waals surface area contributed by atoms with Gasteiger partial charge >= 0.3 is 0 Å². The lowest BCUT2D eigenvalue weighted by atomic mass is 10.2. The van der Waals surface area contributed by atoms with Crippen molar-refractivity contribution in [2.24, 2.45) is 0 Å². The second-order valence-electron chi connectivity index (χ2n) is 3.68. The number of fused-ring (bicyclic) bond motifs is 1. The van der Waals surface area contributed by atoms with E-state index in [2.05, 4.69) is 50.2 Å². The first-order chi connectivity index (χ1) is 7.83. The summed E-state index contributed by atoms with van der Waals surface area (Å²) >= 11 is 3.48. The van der Waals surface area contributed by atoms with Crippen molar-refractivity contribution in [1.82, 2.24) is 4.98 Å². The number of halogens is 1. The third-order valence-corrected chi connectivity index (χ3v) is 3.05. The Morgan fingerprint density at radius 2 is 1.88 bits per heavy atom. The van der Waals surface area contributed by atoms with E-state index in [0.717, 1.165) is 26.9 Å². The molecule has 0 atom stereocenters. The minimum Gasteiger partial charge on any atom is -0.237 e. The van der Waals surface area contributed by atoms with Gasteiger partial charge in [0.2, 0.25) is 0 Å². The molecule has 0 aliphatic rings. The van der Waals surface area contributed by atoms with E-state index in [9.17, 15) is 0 Å². The average Bonchev–Trinajstić information content (AvgIpc) is 2.72. The second-order valence-corrected chi connectivity index (χ2v) is 4.60. The Hall–Kier alpha value is -1.61. The number of H-pyrrole nitrogens is 2. The van der Waals surface area contributed by atoms with Crippen LogP contribution in [0.25, 0.3) is 22.4 Å². The molecule has 0 amide bonds. The number of hydrogen-bond donors (Lipinski definition) is 1. The van der Waals surface area contributed by atoms with Gasteiger partial charge in [0.05, 0.1) is 5.56 Å². The van der Waals surface area contributed by atoms with Crippen LogP contribution in [0.5, 0.6) is 0 Å². The van der Waals surface area contributed by atoms with Crippen LogP contribution in [0.15, 0.2) is 53.0 Å². The van der Waals surface area contributed by atoms with Crippen molar-refractivity contribution in [1.29, 1.82) is 0 Å². The van der Waals surface area contributed by atoms with Gasteiger partial charge in [0.15, 0.2) is 11.0 Å². The normalized spacial score (nSPS) is 10.8. The van der Waals surface area contributed by atoms with Gasteiger partial charge in [0.25, 0.3) is 5.82 Å². The maximum Gasteiger partial charge on any atom is 0.285 e. The summed E-state index contributed by atoms with van der Waals surface area (Å²) in [6, 6.07) is 16.4. The topological polar surface area (TPSA) is 29.9 Å². The first kappa shape index (κ1) is 9.60. The Morgan fingerprint density at radius 1 is 1.00 bits per heavy atom. The Labute approximate surface area is 101 Å². The molecule has 2 N–H and O–H groups in total. The molecule has 78 valence electrons. The van der Waals surface area contributed by atoms with Crippen molar-refractivity contribution in [3.05, 3.63) is 53.0 Å². The van der Waals surface area contributed by atoms with Gasteiger partial charge < -0.3 is 0 Å². The van der Waals surface area contributed by atoms with Gasteiger partial charge in [-0.3, -0.25) is 0 Å². The van der Waals surface area contributed by atoms with E-state index in [1.807, 2.05) is 24.3 Å². The van der Waals surface area contributed by atoms with E-state index in [1.165, 1.54) is 0 Å². The number of para-hydroxylation sites is 2. The molecular formula is C13H10BrN2+. The van der Waals surface area contributed by atoms with Crippen LogP contribution in [0, 0.1) is 0 Å². The Kier molecular flexibility index (Phi) is 2.26. The molecule has 1 aromatic heterocycles. The highest BCUT2D eigenvalue weighted by Gasteiger charge is 2.11. The summed E-state index contributed by atoms with van der Waals surface area (Å²) in [4.78, 5) is 6.73. The molecule has 2 nitrogen and oxygen atoms in total. The molecule has 1 heterocycles. The highest BCUT2D eigenvalue weighted by molar-refractivity contribution is 9.10. The Morgan fingerprint density at radius 3 is 2.69 bits per heavy atom. The summed E-state index contributed by atoms with van der Waals surface area (Å²) < 4.78 is 1.08. The zero-order valence-corrected chi connectivity index (χ0v) is 10.1. The molecule has 0 aliphatic carbocycles. The Bertz CT molecular complexity index is 610. The van der Waals surface area contributed by atoms with Crippen LogP contribution in [0.1, 0.15) is 0 Å². The van der Waals surface area contributed by atoms with Crippen LogP contribution in [0.2, 0.25) is 0 Å². The van der Waals surface area contributed by atoms with Crippen molar-refractivity contribution in [3.63, 3.8) is 0 Å². The van der Waals surface area contributed by atoms with Gasteiger partial charge in [-0.05, 0) is 30.3 Å². The predicted molar refractivity (Wildman–Crippen MR) is 68.0 cm³/mol. The third kappa shape index (κ3) is 1.63. The van der Waals surface area contributed by atoms with Gasteiger partial charge in [0, 0.05) is 4.47 Å². The minimum atomic E-state index is 1.03. The number of benzene rings is 2. The fourth-order valence-corrected chi connectivity index (χ4v) is 2.19. The van der Waals surface area contributed by atoms with Gasteiger partial charge in [-0.2, -0.15) is 0 Å². The van der Waals surface area contributed by atoms with Crippen LogP contribution >= 0.6 is 15.9 Å². The number of hydrogen-bond acceptors (Lipinski definition) is 0. The zero-order valence-electron chi connectivity index (χ0n) is 8.50. The minimum absolute atomic E-state index is 1.03. The highest BCUT2D eigenvalue weighted by atomic mass is 79.9. The molecule has 0 saturated carbocycles. The van der Waals surface area contributed by atoms with Crippen LogP contribution in [-0.2, 0) is 0 Å². The average molecular weight is 274 g/mol. The first-order valence-corrected chi connectivity index (χ1v) is 5.88. The Balaban J connectivity index is 2.19. The lowest BCUT2D eigenvalue weighted by molar-refractivity contribution is -0.330. The van der Waals surface area contributed by atoms with Crippen LogP contribution in [0.4, 0.5) is 0 Å². The monoisotopic (exact) mass is 273 g/mol. The summed E-state index contributed by atoms with van der Waals surface area (Å²) in [6.45, 7) is 0. The number of aromatic amines is 2. The maximum atomic E-state index is 3.48. The fraction of sp³-hybridized carbons (Fsp3) is 0. The van der Waals surface area contributed by atoms with E-state index in [1.54, 1.807) is 0 Å². The molecule has 3 aromatic rings. The van der Waals surface area contributed by atoms with E-state index >= 15 is 0 Å². The molecule has 0 radical (unpaired) electrons. The van der Waals surface area contributed by atoms with Crippen LogP contribution < -0.4 is 4.98 Å². The number of rotatable bonds is 1. The number of imidazole rings is 1. The lowest BCUT2D eigenvalue weighted by Gasteiger charge is -1.92.